The highest BCUT2D eigenvalue weighted by molar-refractivity contribution is 8.02. The molecule has 4 rings (SSSR count). The molecule has 6 nitrogen and oxygen atoms in total. The van der Waals surface area contributed by atoms with Crippen LogP contribution in [0.25, 0.3) is 0 Å². The van der Waals surface area contributed by atoms with Crippen molar-refractivity contribution >= 4 is 35.2 Å². The Kier molecular flexibility index (Phi) is 4.42. The summed E-state index contributed by atoms with van der Waals surface area (Å²) in [5.41, 5.74) is 0.0909. The number of thioether (sulfide) groups is 1. The van der Waals surface area contributed by atoms with Crippen molar-refractivity contribution in [2.24, 2.45) is 0 Å². The maximum Gasteiger partial charge on any atom is 0.315 e. The maximum atomic E-state index is 13.2. The largest absolute Gasteiger partial charge is 0.481 e. The highest BCUT2D eigenvalue weighted by Gasteiger charge is 2.57. The van der Waals surface area contributed by atoms with Crippen molar-refractivity contribution in [1.82, 2.24) is 5.32 Å². The molecule has 2 unspecified atom stereocenters. The van der Waals surface area contributed by atoms with Crippen LogP contribution in [-0.4, -0.2) is 34.3 Å². The number of nitrogens with one attached hydrogen (secondary N) is 1. The topological polar surface area (TPSA) is 86.7 Å². The Hall–Kier alpha value is -2.80. The Morgan fingerprint density at radius 3 is 2.57 bits per heavy atom. The maximum absolute atomic E-state index is 13.2. The van der Waals surface area contributed by atoms with Gasteiger partial charge in [0.1, 0.15) is 5.41 Å². The van der Waals surface area contributed by atoms with Crippen molar-refractivity contribution in [2.75, 3.05) is 11.4 Å². The molecule has 2 amide bonds. The lowest BCUT2D eigenvalue weighted by atomic mass is 9.82. The first kappa shape index (κ1) is 18.6. The number of para-hydroxylation sites is 1. The van der Waals surface area contributed by atoms with E-state index in [2.05, 4.69) is 5.32 Å². The summed E-state index contributed by atoms with van der Waals surface area (Å²) in [6.07, 6.45) is 0.690. The van der Waals surface area contributed by atoms with E-state index < -0.39 is 16.3 Å². The summed E-state index contributed by atoms with van der Waals surface area (Å²) in [7, 11) is 0. The van der Waals surface area contributed by atoms with Crippen LogP contribution in [0.4, 0.5) is 5.69 Å². The summed E-state index contributed by atoms with van der Waals surface area (Å²) in [5.74, 6) is -1.43. The van der Waals surface area contributed by atoms with E-state index in [-0.39, 0.29) is 18.4 Å². The van der Waals surface area contributed by atoms with E-state index in [0.29, 0.717) is 18.4 Å². The quantitative estimate of drug-likeness (QED) is 0.812. The number of carbonyl (C=O) groups excluding carboxylic acids is 2. The molecule has 0 saturated carbocycles. The molecule has 2 aliphatic heterocycles. The Balaban J connectivity index is 1.60. The first-order valence-corrected chi connectivity index (χ1v) is 9.88. The van der Waals surface area contributed by atoms with Gasteiger partial charge >= 0.3 is 5.97 Å². The van der Waals surface area contributed by atoms with Crippen LogP contribution in [0.5, 0.6) is 0 Å². The van der Waals surface area contributed by atoms with Gasteiger partial charge in [-0.25, -0.2) is 0 Å². The first-order chi connectivity index (χ1) is 13.4. The molecule has 28 heavy (non-hydrogen) atoms. The predicted octanol–water partition coefficient (Wildman–Crippen LogP) is 2.77. The second-order valence-electron chi connectivity index (χ2n) is 7.27. The average molecular weight is 396 g/mol. The monoisotopic (exact) mass is 396 g/mol. The van der Waals surface area contributed by atoms with Gasteiger partial charge in [0.2, 0.25) is 5.91 Å². The second kappa shape index (κ2) is 6.67. The number of aliphatic carboxylic acids is 1. The highest BCUT2D eigenvalue weighted by atomic mass is 32.2. The SMILES string of the molecule is CC(CNC(=O)C12CCC(=O)N1c1ccccc1S2)(C(=O)O)c1ccccc1. The van der Waals surface area contributed by atoms with E-state index in [4.69, 9.17) is 0 Å². The van der Waals surface area contributed by atoms with Gasteiger partial charge in [0.15, 0.2) is 4.87 Å². The zero-order chi connectivity index (χ0) is 19.9. The third kappa shape index (κ3) is 2.69. The normalized spacial score (nSPS) is 22.3. The van der Waals surface area contributed by atoms with E-state index in [0.717, 1.165) is 10.6 Å². The van der Waals surface area contributed by atoms with Crippen molar-refractivity contribution in [1.29, 1.82) is 0 Å². The van der Waals surface area contributed by atoms with Gasteiger partial charge in [-0.3, -0.25) is 19.3 Å². The van der Waals surface area contributed by atoms with E-state index >= 15 is 0 Å². The van der Waals surface area contributed by atoms with Crippen LogP contribution < -0.4 is 10.2 Å². The van der Waals surface area contributed by atoms with Gasteiger partial charge in [-0.15, -0.1) is 0 Å². The highest BCUT2D eigenvalue weighted by Crippen LogP contribution is 2.55. The molecule has 1 saturated heterocycles. The van der Waals surface area contributed by atoms with E-state index in [1.165, 1.54) is 11.8 Å². The molecule has 0 radical (unpaired) electrons. The van der Waals surface area contributed by atoms with Gasteiger partial charge in [0.25, 0.3) is 5.91 Å². The molecule has 144 valence electrons. The van der Waals surface area contributed by atoms with Crippen molar-refractivity contribution in [2.45, 2.75) is 34.9 Å². The lowest BCUT2D eigenvalue weighted by molar-refractivity contribution is -0.143. The number of hydrogen-bond acceptors (Lipinski definition) is 4. The van der Waals surface area contributed by atoms with Gasteiger partial charge in [-0.05, 0) is 31.0 Å². The van der Waals surface area contributed by atoms with Gasteiger partial charge in [-0.1, -0.05) is 54.2 Å². The molecule has 2 aliphatic rings. The summed E-state index contributed by atoms with van der Waals surface area (Å²) in [4.78, 5) is 39.1. The zero-order valence-electron chi connectivity index (χ0n) is 15.3. The van der Waals surface area contributed by atoms with Crippen LogP contribution in [0.1, 0.15) is 25.3 Å². The summed E-state index contributed by atoms with van der Waals surface area (Å²) in [5, 5.41) is 12.6. The fourth-order valence-electron chi connectivity index (χ4n) is 3.80. The van der Waals surface area contributed by atoms with Crippen LogP contribution in [0, 0.1) is 0 Å². The van der Waals surface area contributed by atoms with E-state index in [1.54, 1.807) is 36.1 Å². The number of carboxylic acid groups (broad SMARTS) is 1. The minimum atomic E-state index is -1.27. The summed E-state index contributed by atoms with van der Waals surface area (Å²) >= 11 is 1.37. The van der Waals surface area contributed by atoms with Gasteiger partial charge < -0.3 is 10.4 Å². The van der Waals surface area contributed by atoms with Gasteiger partial charge in [0.05, 0.1) is 5.69 Å². The molecule has 2 heterocycles. The molecule has 2 N–H and O–H groups in total. The molecular formula is C21H20N2O4S. The van der Waals surface area contributed by atoms with Crippen molar-refractivity contribution < 1.29 is 19.5 Å². The second-order valence-corrected chi connectivity index (χ2v) is 8.59. The van der Waals surface area contributed by atoms with E-state index in [1.807, 2.05) is 30.3 Å². The Bertz CT molecular complexity index is 964. The van der Waals surface area contributed by atoms with Crippen LogP contribution in [0.2, 0.25) is 0 Å². The predicted molar refractivity (Wildman–Crippen MR) is 106 cm³/mol. The number of carbonyl (C=O) groups is 3. The van der Waals surface area contributed by atoms with Crippen LogP contribution in [-0.2, 0) is 19.8 Å². The Morgan fingerprint density at radius 2 is 1.86 bits per heavy atom. The number of rotatable bonds is 5. The summed E-state index contributed by atoms with van der Waals surface area (Å²) < 4.78 is 0. The molecule has 2 aromatic carbocycles. The molecule has 0 bridgehead atoms. The van der Waals surface area contributed by atoms with Crippen LogP contribution in [0.3, 0.4) is 0 Å². The Morgan fingerprint density at radius 1 is 1.18 bits per heavy atom. The minimum Gasteiger partial charge on any atom is -0.481 e. The molecular weight excluding hydrogens is 376 g/mol. The van der Waals surface area contributed by atoms with Crippen molar-refractivity contribution in [3.8, 4) is 0 Å². The van der Waals surface area contributed by atoms with Crippen molar-refractivity contribution in [3.05, 3.63) is 60.2 Å². The molecule has 0 aliphatic carbocycles. The minimum absolute atomic E-state index is 0.0636. The number of carboxylic acids is 1. The summed E-state index contributed by atoms with van der Waals surface area (Å²) in [6, 6.07) is 16.3. The van der Waals surface area contributed by atoms with Crippen LogP contribution >= 0.6 is 11.8 Å². The average Bonchev–Trinajstić information content (AvgIpc) is 3.22. The van der Waals surface area contributed by atoms with Gasteiger partial charge in [-0.2, -0.15) is 0 Å². The number of benzene rings is 2. The smallest absolute Gasteiger partial charge is 0.315 e. The molecule has 2 atom stereocenters. The fraction of sp³-hybridized carbons (Fsp3) is 0.286. The number of hydrogen-bond donors (Lipinski definition) is 2. The Labute approximate surface area is 166 Å². The standard InChI is InChI=1S/C21H20N2O4S/c1-20(19(26)27,14-7-3-2-4-8-14)13-22-18(25)21-12-11-17(24)23(21)15-9-5-6-10-16(15)28-21/h2-10H,11-13H2,1H3,(H,22,25)(H,26,27). The number of amides is 2. The lowest BCUT2D eigenvalue weighted by Crippen LogP contribution is -2.55. The molecule has 2 aromatic rings. The molecule has 0 aromatic heterocycles. The van der Waals surface area contributed by atoms with Gasteiger partial charge in [0, 0.05) is 17.9 Å². The van der Waals surface area contributed by atoms with Crippen LogP contribution in [0.15, 0.2) is 59.5 Å². The number of fused-ring (bicyclic) bond motifs is 3. The number of anilines is 1. The molecule has 0 spiro atoms. The third-order valence-corrected chi connectivity index (χ3v) is 6.99. The molecule has 7 heteroatoms. The fourth-order valence-corrected chi connectivity index (χ4v) is 5.24. The molecule has 1 fully saturated rings. The first-order valence-electron chi connectivity index (χ1n) is 9.07. The lowest BCUT2D eigenvalue weighted by Gasteiger charge is -2.32. The third-order valence-electron chi connectivity index (χ3n) is 5.51. The van der Waals surface area contributed by atoms with Crippen molar-refractivity contribution in [3.63, 3.8) is 0 Å². The van der Waals surface area contributed by atoms with E-state index in [9.17, 15) is 19.5 Å². The zero-order valence-corrected chi connectivity index (χ0v) is 16.2. The number of nitrogens with zero attached hydrogens (tertiary/aromatic N) is 1. The summed E-state index contributed by atoms with van der Waals surface area (Å²) in [6.45, 7) is 1.53.